The van der Waals surface area contributed by atoms with Gasteiger partial charge in [-0.3, -0.25) is 4.79 Å². The van der Waals surface area contributed by atoms with Crippen LogP contribution in [-0.4, -0.2) is 16.4 Å². The van der Waals surface area contributed by atoms with E-state index in [4.69, 9.17) is 16.1 Å². The second-order valence-corrected chi connectivity index (χ2v) is 3.12. The zero-order valence-electron chi connectivity index (χ0n) is 7.68. The van der Waals surface area contributed by atoms with E-state index in [1.165, 1.54) is 0 Å². The van der Waals surface area contributed by atoms with E-state index in [1.807, 2.05) is 0 Å². The summed E-state index contributed by atoms with van der Waals surface area (Å²) in [5.41, 5.74) is 1.17. The van der Waals surface area contributed by atoms with Crippen LogP contribution in [0.25, 0.3) is 11.4 Å². The zero-order chi connectivity index (χ0) is 10.7. The molecule has 5 heteroatoms. The summed E-state index contributed by atoms with van der Waals surface area (Å²) >= 11 is 5.54. The molecule has 0 radical (unpaired) electrons. The first-order valence-corrected chi connectivity index (χ1v) is 4.81. The predicted octanol–water partition coefficient (Wildman–Crippen LogP) is 2.29. The maximum absolute atomic E-state index is 10.8. The van der Waals surface area contributed by atoms with Crippen molar-refractivity contribution < 1.29 is 9.32 Å². The Hall–Kier alpha value is -1.68. The van der Waals surface area contributed by atoms with E-state index >= 15 is 0 Å². The highest BCUT2D eigenvalue weighted by Gasteiger charge is 2.10. The van der Waals surface area contributed by atoms with Crippen molar-refractivity contribution in [2.24, 2.45) is 0 Å². The van der Waals surface area contributed by atoms with E-state index in [9.17, 15) is 4.79 Å². The number of carbonyl (C=O) groups is 1. The molecule has 1 heterocycles. The van der Waals surface area contributed by atoms with Gasteiger partial charge in [0, 0.05) is 11.1 Å². The Balaban J connectivity index is 2.48. The van der Waals surface area contributed by atoms with Crippen molar-refractivity contribution in [2.75, 3.05) is 0 Å². The average molecular weight is 223 g/mol. The molecule has 0 bridgehead atoms. The fraction of sp³-hybridized carbons (Fsp3) is 0.100. The van der Waals surface area contributed by atoms with Gasteiger partial charge in [0.05, 0.1) is 0 Å². The maximum atomic E-state index is 10.8. The van der Waals surface area contributed by atoms with Crippen LogP contribution in [0.5, 0.6) is 0 Å². The molecular weight excluding hydrogens is 216 g/mol. The van der Waals surface area contributed by atoms with E-state index in [1.54, 1.807) is 24.3 Å². The number of rotatable bonds is 3. The van der Waals surface area contributed by atoms with Gasteiger partial charge in [0.15, 0.2) is 6.29 Å². The Bertz CT molecular complexity index is 482. The van der Waals surface area contributed by atoms with Crippen LogP contribution in [-0.2, 0) is 5.88 Å². The lowest BCUT2D eigenvalue weighted by Crippen LogP contribution is -1.88. The molecule has 4 nitrogen and oxygen atoms in total. The van der Waals surface area contributed by atoms with E-state index in [2.05, 4.69) is 10.1 Å². The first-order chi connectivity index (χ1) is 7.35. The minimum atomic E-state index is 0.163. The van der Waals surface area contributed by atoms with Gasteiger partial charge in [-0.1, -0.05) is 29.4 Å². The number of aromatic nitrogens is 2. The number of aldehydes is 1. The van der Waals surface area contributed by atoms with Crippen LogP contribution in [0.4, 0.5) is 0 Å². The van der Waals surface area contributed by atoms with Crippen LogP contribution >= 0.6 is 11.6 Å². The standard InChI is InChI=1S/C10H7ClN2O2/c11-5-9-12-10(13-15-9)8-4-2-1-3-7(8)6-14/h1-4,6H,5H2. The second-order valence-electron chi connectivity index (χ2n) is 2.85. The first kappa shape index (κ1) is 9.86. The minimum Gasteiger partial charge on any atom is -0.338 e. The van der Waals surface area contributed by atoms with Crippen molar-refractivity contribution in [2.45, 2.75) is 5.88 Å². The number of hydrogen-bond acceptors (Lipinski definition) is 4. The number of hydrogen-bond donors (Lipinski definition) is 0. The topological polar surface area (TPSA) is 56.0 Å². The average Bonchev–Trinajstić information content (AvgIpc) is 2.77. The van der Waals surface area contributed by atoms with E-state index in [0.29, 0.717) is 22.8 Å². The summed E-state index contributed by atoms with van der Waals surface area (Å²) < 4.78 is 4.86. The summed E-state index contributed by atoms with van der Waals surface area (Å²) in [6.07, 6.45) is 0.756. The Kier molecular flexibility index (Phi) is 2.78. The molecule has 0 aliphatic rings. The molecule has 2 rings (SSSR count). The third kappa shape index (κ3) is 1.89. The number of nitrogens with zero attached hydrogens (tertiary/aromatic N) is 2. The Labute approximate surface area is 90.9 Å². The molecule has 1 aromatic heterocycles. The molecule has 0 saturated carbocycles. The molecule has 0 spiro atoms. The molecule has 1 aromatic carbocycles. The fourth-order valence-corrected chi connectivity index (χ4v) is 1.33. The molecule has 2 aromatic rings. The van der Waals surface area contributed by atoms with Gasteiger partial charge >= 0.3 is 0 Å². The molecule has 0 amide bonds. The van der Waals surface area contributed by atoms with Crippen molar-refractivity contribution in [3.05, 3.63) is 35.7 Å². The third-order valence-electron chi connectivity index (χ3n) is 1.91. The molecule has 0 unspecified atom stereocenters. The normalized spacial score (nSPS) is 10.2. The number of alkyl halides is 1. The van der Waals surface area contributed by atoms with Crippen LogP contribution < -0.4 is 0 Å². The van der Waals surface area contributed by atoms with Crippen molar-refractivity contribution >= 4 is 17.9 Å². The van der Waals surface area contributed by atoms with Crippen molar-refractivity contribution in [1.82, 2.24) is 10.1 Å². The molecular formula is C10H7ClN2O2. The maximum Gasteiger partial charge on any atom is 0.241 e. The highest BCUT2D eigenvalue weighted by atomic mass is 35.5. The number of benzene rings is 1. The van der Waals surface area contributed by atoms with Gasteiger partial charge < -0.3 is 4.52 Å². The zero-order valence-corrected chi connectivity index (χ0v) is 8.44. The van der Waals surface area contributed by atoms with Crippen molar-refractivity contribution in [1.29, 1.82) is 0 Å². The molecule has 0 aliphatic carbocycles. The van der Waals surface area contributed by atoms with Gasteiger partial charge in [0.2, 0.25) is 11.7 Å². The van der Waals surface area contributed by atoms with Gasteiger partial charge in [-0.05, 0) is 0 Å². The van der Waals surface area contributed by atoms with Gasteiger partial charge in [-0.15, -0.1) is 11.6 Å². The summed E-state index contributed by atoms with van der Waals surface area (Å²) in [5.74, 6) is 0.886. The molecule has 76 valence electrons. The first-order valence-electron chi connectivity index (χ1n) is 4.28. The molecule has 0 aliphatic heterocycles. The fourth-order valence-electron chi connectivity index (χ4n) is 1.22. The lowest BCUT2D eigenvalue weighted by molar-refractivity contribution is 0.112. The summed E-state index contributed by atoms with van der Waals surface area (Å²) in [7, 11) is 0. The van der Waals surface area contributed by atoms with E-state index < -0.39 is 0 Å². The summed E-state index contributed by atoms with van der Waals surface area (Å²) in [5, 5.41) is 3.74. The smallest absolute Gasteiger partial charge is 0.241 e. The summed E-state index contributed by atoms with van der Waals surface area (Å²) in [6.45, 7) is 0. The van der Waals surface area contributed by atoms with Crippen molar-refractivity contribution in [3.63, 3.8) is 0 Å². The SMILES string of the molecule is O=Cc1ccccc1-c1noc(CCl)n1. The number of halogens is 1. The Morgan fingerprint density at radius 3 is 2.87 bits per heavy atom. The van der Waals surface area contributed by atoms with Crippen molar-refractivity contribution in [3.8, 4) is 11.4 Å². The van der Waals surface area contributed by atoms with Crippen LogP contribution in [0, 0.1) is 0 Å². The Morgan fingerprint density at radius 2 is 2.20 bits per heavy atom. The van der Waals surface area contributed by atoms with Gasteiger partial charge in [0.1, 0.15) is 5.88 Å². The van der Waals surface area contributed by atoms with Gasteiger partial charge in [0.25, 0.3) is 0 Å². The van der Waals surface area contributed by atoms with Gasteiger partial charge in [-0.2, -0.15) is 4.98 Å². The van der Waals surface area contributed by atoms with Gasteiger partial charge in [-0.25, -0.2) is 0 Å². The third-order valence-corrected chi connectivity index (χ3v) is 2.14. The molecule has 0 fully saturated rings. The highest BCUT2D eigenvalue weighted by molar-refractivity contribution is 6.16. The van der Waals surface area contributed by atoms with Crippen LogP contribution in [0.3, 0.4) is 0 Å². The highest BCUT2D eigenvalue weighted by Crippen LogP contribution is 2.19. The van der Waals surface area contributed by atoms with E-state index in [0.717, 1.165) is 6.29 Å². The lowest BCUT2D eigenvalue weighted by Gasteiger charge is -1.96. The Morgan fingerprint density at radius 1 is 1.40 bits per heavy atom. The molecule has 0 atom stereocenters. The largest absolute Gasteiger partial charge is 0.338 e. The quantitative estimate of drug-likeness (QED) is 0.591. The predicted molar refractivity (Wildman–Crippen MR) is 54.7 cm³/mol. The minimum absolute atomic E-state index is 0.163. The lowest BCUT2D eigenvalue weighted by atomic mass is 10.1. The van der Waals surface area contributed by atoms with Crippen LogP contribution in [0.15, 0.2) is 28.8 Å². The van der Waals surface area contributed by atoms with E-state index in [-0.39, 0.29) is 5.88 Å². The summed E-state index contributed by atoms with van der Waals surface area (Å²) in [4.78, 5) is 14.8. The second kappa shape index (κ2) is 4.23. The monoisotopic (exact) mass is 222 g/mol. The van der Waals surface area contributed by atoms with Crippen LogP contribution in [0.1, 0.15) is 16.2 Å². The molecule has 0 N–H and O–H groups in total. The van der Waals surface area contributed by atoms with Crippen LogP contribution in [0.2, 0.25) is 0 Å². The molecule has 0 saturated heterocycles. The number of carbonyl (C=O) groups excluding carboxylic acids is 1. The summed E-state index contributed by atoms with van der Waals surface area (Å²) in [6, 6.07) is 7.03. The molecule has 15 heavy (non-hydrogen) atoms.